The van der Waals surface area contributed by atoms with Crippen LogP contribution in [0.2, 0.25) is 0 Å². The zero-order valence-corrected chi connectivity index (χ0v) is 10.4. The van der Waals surface area contributed by atoms with Crippen molar-refractivity contribution < 1.29 is 27.9 Å². The molecule has 2 rings (SSSR count). The van der Waals surface area contributed by atoms with Crippen LogP contribution in [0, 0.1) is 0 Å². The van der Waals surface area contributed by atoms with Crippen LogP contribution in [0.15, 0.2) is 30.3 Å². The normalized spacial score (nSPS) is 22.9. The third-order valence-electron chi connectivity index (χ3n) is 3.29. The number of likely N-dealkylation sites (tertiary alicyclic amines) is 1. The van der Waals surface area contributed by atoms with Gasteiger partial charge in [-0.25, -0.2) is 9.18 Å². The van der Waals surface area contributed by atoms with Gasteiger partial charge in [-0.05, 0) is 0 Å². The highest BCUT2D eigenvalue weighted by Crippen LogP contribution is 2.34. The SMILES string of the molecule is O=C(O)C1(F)CCN(C(=O)C(F)(F)c2ccccc2)C1. The molecule has 20 heavy (non-hydrogen) atoms. The Morgan fingerprint density at radius 3 is 2.35 bits per heavy atom. The number of carboxylic acids is 1. The molecule has 0 aromatic heterocycles. The number of rotatable bonds is 3. The quantitative estimate of drug-likeness (QED) is 0.922. The summed E-state index contributed by atoms with van der Waals surface area (Å²) in [6.45, 7) is -1.20. The van der Waals surface area contributed by atoms with Crippen LogP contribution in [0.3, 0.4) is 0 Å². The van der Waals surface area contributed by atoms with Gasteiger partial charge in [0, 0.05) is 18.5 Å². The predicted molar refractivity (Wildman–Crippen MR) is 63.0 cm³/mol. The Labute approximate surface area is 112 Å². The molecule has 1 atom stereocenters. The van der Waals surface area contributed by atoms with E-state index in [-0.39, 0.29) is 6.54 Å². The first-order valence-corrected chi connectivity index (χ1v) is 5.92. The maximum absolute atomic E-state index is 14.0. The van der Waals surface area contributed by atoms with Gasteiger partial charge in [0.1, 0.15) is 0 Å². The highest BCUT2D eigenvalue weighted by molar-refractivity contribution is 5.87. The van der Waals surface area contributed by atoms with Gasteiger partial charge < -0.3 is 10.0 Å². The minimum atomic E-state index is -3.80. The van der Waals surface area contributed by atoms with Gasteiger partial charge in [0.15, 0.2) is 0 Å². The Balaban J connectivity index is 2.19. The summed E-state index contributed by atoms with van der Waals surface area (Å²) in [5, 5.41) is 8.69. The van der Waals surface area contributed by atoms with Gasteiger partial charge in [-0.15, -0.1) is 0 Å². The number of alkyl halides is 3. The Morgan fingerprint density at radius 1 is 1.25 bits per heavy atom. The molecule has 4 nitrogen and oxygen atoms in total. The molecule has 1 aliphatic heterocycles. The molecule has 0 aliphatic carbocycles. The van der Waals surface area contributed by atoms with Gasteiger partial charge in [-0.1, -0.05) is 30.3 Å². The van der Waals surface area contributed by atoms with Crippen molar-refractivity contribution in [1.82, 2.24) is 4.90 Å². The van der Waals surface area contributed by atoms with Crippen molar-refractivity contribution in [3.63, 3.8) is 0 Å². The third kappa shape index (κ3) is 2.35. The molecule has 7 heteroatoms. The molecule has 1 heterocycles. The van der Waals surface area contributed by atoms with E-state index in [4.69, 9.17) is 5.11 Å². The first-order valence-electron chi connectivity index (χ1n) is 5.92. The fourth-order valence-electron chi connectivity index (χ4n) is 2.09. The summed E-state index contributed by atoms with van der Waals surface area (Å²) in [7, 11) is 0. The summed E-state index contributed by atoms with van der Waals surface area (Å²) in [6.07, 6.45) is -0.487. The van der Waals surface area contributed by atoms with Crippen LogP contribution in [0.4, 0.5) is 13.2 Å². The number of aliphatic carboxylic acids is 1. The molecule has 1 aromatic carbocycles. The van der Waals surface area contributed by atoms with Gasteiger partial charge >= 0.3 is 11.9 Å². The molecule has 0 saturated carbocycles. The van der Waals surface area contributed by atoms with E-state index >= 15 is 0 Å². The van der Waals surface area contributed by atoms with Crippen LogP contribution in [-0.4, -0.2) is 40.6 Å². The number of amides is 1. The lowest BCUT2D eigenvalue weighted by molar-refractivity contribution is -0.159. The van der Waals surface area contributed by atoms with E-state index in [2.05, 4.69) is 0 Å². The second-order valence-corrected chi connectivity index (χ2v) is 4.69. The molecule has 0 spiro atoms. The lowest BCUT2D eigenvalue weighted by atomic mass is 10.1. The number of carbonyl (C=O) groups is 2. The van der Waals surface area contributed by atoms with E-state index in [0.717, 1.165) is 12.1 Å². The van der Waals surface area contributed by atoms with Crippen molar-refractivity contribution in [2.75, 3.05) is 13.1 Å². The molecule has 1 aromatic rings. The summed E-state index contributed by atoms with van der Waals surface area (Å²) in [5.41, 5.74) is -3.15. The topological polar surface area (TPSA) is 57.6 Å². The van der Waals surface area contributed by atoms with Crippen molar-refractivity contribution in [1.29, 1.82) is 0 Å². The molecule has 1 fully saturated rings. The Bertz CT molecular complexity index is 535. The van der Waals surface area contributed by atoms with Crippen LogP contribution in [0.5, 0.6) is 0 Å². The molecule has 1 amide bonds. The van der Waals surface area contributed by atoms with Crippen LogP contribution in [0.1, 0.15) is 12.0 Å². The summed E-state index contributed by atoms with van der Waals surface area (Å²) in [6, 6.07) is 6.42. The van der Waals surface area contributed by atoms with E-state index in [1.54, 1.807) is 0 Å². The Morgan fingerprint density at radius 2 is 1.85 bits per heavy atom. The minimum absolute atomic E-state index is 0.343. The number of benzene rings is 1. The fraction of sp³-hybridized carbons (Fsp3) is 0.385. The highest BCUT2D eigenvalue weighted by Gasteiger charge is 2.52. The van der Waals surface area contributed by atoms with E-state index in [1.807, 2.05) is 0 Å². The second kappa shape index (κ2) is 4.81. The Kier molecular flexibility index (Phi) is 3.45. The lowest BCUT2D eigenvalue weighted by Crippen LogP contribution is -2.44. The standard InChI is InChI=1S/C13H12F3NO3/c14-12(11(19)20)6-7-17(8-12)10(18)13(15,16)9-4-2-1-3-5-9/h1-5H,6-8H2,(H,19,20). The van der Waals surface area contributed by atoms with Crippen molar-refractivity contribution in [3.8, 4) is 0 Å². The third-order valence-corrected chi connectivity index (χ3v) is 3.29. The van der Waals surface area contributed by atoms with E-state index in [9.17, 15) is 22.8 Å². The van der Waals surface area contributed by atoms with Crippen molar-refractivity contribution in [2.24, 2.45) is 0 Å². The lowest BCUT2D eigenvalue weighted by Gasteiger charge is -2.23. The van der Waals surface area contributed by atoms with E-state index in [0.29, 0.717) is 4.90 Å². The minimum Gasteiger partial charge on any atom is -0.479 e. The summed E-state index contributed by atoms with van der Waals surface area (Å²) >= 11 is 0. The molecular weight excluding hydrogens is 275 g/mol. The summed E-state index contributed by atoms with van der Waals surface area (Å²) < 4.78 is 41.8. The average Bonchev–Trinajstić information content (AvgIpc) is 2.83. The highest BCUT2D eigenvalue weighted by atomic mass is 19.3. The van der Waals surface area contributed by atoms with Gasteiger partial charge in [0.05, 0.1) is 6.54 Å². The van der Waals surface area contributed by atoms with E-state index in [1.165, 1.54) is 18.2 Å². The van der Waals surface area contributed by atoms with Gasteiger partial charge in [-0.3, -0.25) is 4.79 Å². The number of hydrogen-bond acceptors (Lipinski definition) is 2. The first kappa shape index (κ1) is 14.4. The predicted octanol–water partition coefficient (Wildman–Crippen LogP) is 1.80. The maximum atomic E-state index is 14.0. The fourth-order valence-corrected chi connectivity index (χ4v) is 2.09. The monoisotopic (exact) mass is 287 g/mol. The van der Waals surface area contributed by atoms with Crippen LogP contribution in [0.25, 0.3) is 0 Å². The number of hydrogen-bond donors (Lipinski definition) is 1. The number of nitrogens with zero attached hydrogens (tertiary/aromatic N) is 1. The summed E-state index contributed by atoms with van der Waals surface area (Å²) in [4.78, 5) is 23.1. The molecule has 0 bridgehead atoms. The summed E-state index contributed by atoms with van der Waals surface area (Å²) in [5.74, 6) is -7.12. The van der Waals surface area contributed by atoms with Gasteiger partial charge in [0.25, 0.3) is 5.91 Å². The van der Waals surface area contributed by atoms with Gasteiger partial charge in [0.2, 0.25) is 5.67 Å². The van der Waals surface area contributed by atoms with Crippen LogP contribution >= 0.6 is 0 Å². The van der Waals surface area contributed by atoms with Crippen LogP contribution in [-0.2, 0) is 15.5 Å². The van der Waals surface area contributed by atoms with Crippen LogP contribution < -0.4 is 0 Å². The van der Waals surface area contributed by atoms with Crippen molar-refractivity contribution in [3.05, 3.63) is 35.9 Å². The number of halogens is 3. The zero-order valence-electron chi connectivity index (χ0n) is 10.4. The molecule has 1 saturated heterocycles. The van der Waals surface area contributed by atoms with Crippen molar-refractivity contribution >= 4 is 11.9 Å². The van der Waals surface area contributed by atoms with Crippen molar-refractivity contribution in [2.45, 2.75) is 18.0 Å². The largest absolute Gasteiger partial charge is 0.479 e. The number of carbonyl (C=O) groups excluding carboxylic acids is 1. The first-order chi connectivity index (χ1) is 9.27. The molecular formula is C13H12F3NO3. The average molecular weight is 287 g/mol. The van der Waals surface area contributed by atoms with E-state index < -0.39 is 42.0 Å². The smallest absolute Gasteiger partial charge is 0.349 e. The Hall–Kier alpha value is -2.05. The molecule has 1 unspecified atom stereocenters. The number of carboxylic acid groups (broad SMARTS) is 1. The molecule has 1 aliphatic rings. The maximum Gasteiger partial charge on any atom is 0.349 e. The molecule has 0 radical (unpaired) electrons. The molecule has 1 N–H and O–H groups in total. The zero-order chi connectivity index (χ0) is 15.0. The second-order valence-electron chi connectivity index (χ2n) is 4.69. The molecule has 108 valence electrons. The van der Waals surface area contributed by atoms with Gasteiger partial charge in [-0.2, -0.15) is 8.78 Å².